The Balaban J connectivity index is 1.06. The van der Waals surface area contributed by atoms with E-state index in [0.717, 1.165) is 36.4 Å². The Labute approximate surface area is 241 Å². The molecule has 1 aliphatic carbocycles. The number of fused-ring (bicyclic) bond motifs is 4. The molecule has 0 spiro atoms. The van der Waals surface area contributed by atoms with Gasteiger partial charge in [-0.05, 0) is 91.5 Å². The Kier molecular flexibility index (Phi) is 6.04. The van der Waals surface area contributed by atoms with E-state index >= 15 is 0 Å². The summed E-state index contributed by atoms with van der Waals surface area (Å²) in [6.07, 6.45) is 12.2. The number of nitrogens with one attached hydrogen (secondary N) is 1. The lowest BCUT2D eigenvalue weighted by Gasteiger charge is -2.56. The number of pyridine rings is 2. The van der Waals surface area contributed by atoms with E-state index in [2.05, 4.69) is 82.6 Å². The van der Waals surface area contributed by atoms with Crippen molar-refractivity contribution in [1.82, 2.24) is 19.9 Å². The number of rotatable bonds is 4. The first-order valence-electron chi connectivity index (χ1n) is 15.1. The molecule has 2 unspecified atom stereocenters. The highest BCUT2D eigenvalue weighted by atomic mass is 16.5. The monoisotopic (exact) mass is 540 g/mol. The number of nitrogens with zero attached hydrogens (tertiary/aromatic N) is 3. The minimum absolute atomic E-state index is 0.656. The summed E-state index contributed by atoms with van der Waals surface area (Å²) in [5, 5.41) is 1.16. The summed E-state index contributed by atoms with van der Waals surface area (Å²) >= 11 is 0. The Morgan fingerprint density at radius 3 is 2.22 bits per heavy atom. The largest absolute Gasteiger partial charge is 0.378 e. The summed E-state index contributed by atoms with van der Waals surface area (Å²) in [5.41, 5.74) is 13.4. The van der Waals surface area contributed by atoms with Gasteiger partial charge in [0.1, 0.15) is 5.65 Å². The SMILES string of the molecule is Cc1cc(C)c(-c2ccc(-c3c[nH]c4ncc(-c5ccc6c(c5)CC[C@@H](N5C7COCC5C7)CC6)cc34)cc2)cn1. The van der Waals surface area contributed by atoms with Gasteiger partial charge in [0, 0.05) is 64.5 Å². The van der Waals surface area contributed by atoms with Crippen LogP contribution in [0.25, 0.3) is 44.4 Å². The molecule has 0 saturated carbocycles. The zero-order valence-electron chi connectivity index (χ0n) is 23.9. The van der Waals surface area contributed by atoms with Gasteiger partial charge in [-0.2, -0.15) is 0 Å². The zero-order valence-corrected chi connectivity index (χ0v) is 23.9. The second-order valence-electron chi connectivity index (χ2n) is 12.3. The topological polar surface area (TPSA) is 54.0 Å². The van der Waals surface area contributed by atoms with Crippen LogP contribution in [0.15, 0.2) is 73.2 Å². The van der Waals surface area contributed by atoms with E-state index in [1.54, 1.807) is 0 Å². The van der Waals surface area contributed by atoms with Crippen molar-refractivity contribution in [3.05, 3.63) is 95.6 Å². The Hall–Kier alpha value is -3.80. The number of H-pyrrole nitrogens is 1. The van der Waals surface area contributed by atoms with E-state index < -0.39 is 0 Å². The van der Waals surface area contributed by atoms with E-state index in [0.29, 0.717) is 18.1 Å². The molecule has 206 valence electrons. The number of aryl methyl sites for hydroxylation is 4. The number of aromatic amines is 1. The summed E-state index contributed by atoms with van der Waals surface area (Å²) in [4.78, 5) is 15.5. The summed E-state index contributed by atoms with van der Waals surface area (Å²) in [6.45, 7) is 6.04. The summed E-state index contributed by atoms with van der Waals surface area (Å²) < 4.78 is 5.75. The average molecular weight is 541 g/mol. The van der Waals surface area contributed by atoms with Gasteiger partial charge in [-0.15, -0.1) is 0 Å². The van der Waals surface area contributed by atoms with Crippen molar-refractivity contribution in [2.75, 3.05) is 13.2 Å². The molecule has 1 N–H and O–H groups in total. The third-order valence-electron chi connectivity index (χ3n) is 9.75. The standard InChI is InChI=1S/C36H36N4O/c1-22-13-23(2)37-18-34(22)25-4-6-26(7-5-25)35-19-39-36-33(35)15-29(17-38-36)28-8-3-24-9-11-30(12-10-27(24)14-28)40-31-16-32(40)21-41-20-31/h3-8,13-15,17-19,30-32H,9-12,16,20-21H2,1-2H3,(H,38,39)/t30-,31?,32?/m0/s1. The summed E-state index contributed by atoms with van der Waals surface area (Å²) in [6, 6.07) is 22.4. The van der Waals surface area contributed by atoms with Gasteiger partial charge in [-0.3, -0.25) is 9.88 Å². The van der Waals surface area contributed by atoms with Crippen molar-refractivity contribution in [3.63, 3.8) is 0 Å². The molecule has 3 aromatic heterocycles. The van der Waals surface area contributed by atoms with Gasteiger partial charge in [0.15, 0.2) is 0 Å². The number of morpholine rings is 1. The number of hydrogen-bond acceptors (Lipinski definition) is 4. The molecule has 3 atom stereocenters. The van der Waals surface area contributed by atoms with Crippen LogP contribution in [0.3, 0.4) is 0 Å². The molecule has 0 amide bonds. The Morgan fingerprint density at radius 1 is 0.732 bits per heavy atom. The molecule has 2 saturated heterocycles. The Morgan fingerprint density at radius 2 is 1.46 bits per heavy atom. The van der Waals surface area contributed by atoms with Crippen LogP contribution < -0.4 is 0 Å². The predicted octanol–water partition coefficient (Wildman–Crippen LogP) is 7.30. The number of aromatic nitrogens is 3. The number of ether oxygens (including phenoxy) is 1. The number of benzene rings is 2. The molecule has 3 aliphatic rings. The van der Waals surface area contributed by atoms with E-state index in [1.807, 2.05) is 19.3 Å². The minimum Gasteiger partial charge on any atom is -0.378 e. The predicted molar refractivity (Wildman–Crippen MR) is 165 cm³/mol. The van der Waals surface area contributed by atoms with Crippen LogP contribution in [0.1, 0.15) is 41.6 Å². The van der Waals surface area contributed by atoms with E-state index in [-0.39, 0.29) is 0 Å². The maximum absolute atomic E-state index is 5.75. The Bertz CT molecular complexity index is 1740. The third-order valence-corrected chi connectivity index (χ3v) is 9.75. The number of hydrogen-bond donors (Lipinski definition) is 1. The third kappa shape index (κ3) is 4.39. The van der Waals surface area contributed by atoms with Crippen molar-refractivity contribution in [3.8, 4) is 33.4 Å². The highest BCUT2D eigenvalue weighted by Crippen LogP contribution is 2.38. The fourth-order valence-electron chi connectivity index (χ4n) is 7.56. The van der Waals surface area contributed by atoms with E-state index in [4.69, 9.17) is 9.72 Å². The van der Waals surface area contributed by atoms with Crippen molar-refractivity contribution in [1.29, 1.82) is 0 Å². The van der Waals surface area contributed by atoms with Crippen LogP contribution in [0.5, 0.6) is 0 Å². The average Bonchev–Trinajstić information content (AvgIpc) is 3.31. The van der Waals surface area contributed by atoms with Crippen LogP contribution in [-0.4, -0.2) is 51.2 Å². The van der Waals surface area contributed by atoms with Crippen molar-refractivity contribution in [2.45, 2.75) is 64.1 Å². The molecular weight excluding hydrogens is 504 g/mol. The molecule has 2 bridgehead atoms. The van der Waals surface area contributed by atoms with Crippen molar-refractivity contribution in [2.24, 2.45) is 0 Å². The second-order valence-corrected chi connectivity index (χ2v) is 12.3. The first kappa shape index (κ1) is 25.0. The molecule has 5 heterocycles. The smallest absolute Gasteiger partial charge is 0.137 e. The van der Waals surface area contributed by atoms with Crippen molar-refractivity contribution >= 4 is 11.0 Å². The lowest BCUT2D eigenvalue weighted by molar-refractivity contribution is -0.148. The molecule has 0 radical (unpaired) electrons. The molecule has 8 rings (SSSR count). The molecule has 5 aromatic rings. The minimum atomic E-state index is 0.656. The quantitative estimate of drug-likeness (QED) is 0.243. The molecule has 5 nitrogen and oxygen atoms in total. The van der Waals surface area contributed by atoms with Crippen LogP contribution in [0.4, 0.5) is 0 Å². The van der Waals surface area contributed by atoms with Gasteiger partial charge in [0.05, 0.1) is 13.2 Å². The van der Waals surface area contributed by atoms with Gasteiger partial charge >= 0.3 is 0 Å². The first-order valence-corrected chi connectivity index (χ1v) is 15.1. The molecule has 5 heteroatoms. The summed E-state index contributed by atoms with van der Waals surface area (Å²) in [7, 11) is 0. The van der Waals surface area contributed by atoms with Gasteiger partial charge in [-0.25, -0.2) is 4.98 Å². The maximum atomic E-state index is 5.75. The van der Waals surface area contributed by atoms with Crippen LogP contribution in [0.2, 0.25) is 0 Å². The molecule has 41 heavy (non-hydrogen) atoms. The maximum Gasteiger partial charge on any atom is 0.137 e. The van der Waals surface area contributed by atoms with Gasteiger partial charge < -0.3 is 9.72 Å². The lowest BCUT2D eigenvalue weighted by atomic mass is 9.87. The normalized spacial score (nSPS) is 22.2. The highest BCUT2D eigenvalue weighted by Gasteiger charge is 2.45. The van der Waals surface area contributed by atoms with E-state index in [1.165, 1.54) is 75.8 Å². The van der Waals surface area contributed by atoms with E-state index in [9.17, 15) is 0 Å². The van der Waals surface area contributed by atoms with Crippen LogP contribution >= 0.6 is 0 Å². The summed E-state index contributed by atoms with van der Waals surface area (Å²) in [5.74, 6) is 0. The first-order chi connectivity index (χ1) is 20.1. The highest BCUT2D eigenvalue weighted by molar-refractivity contribution is 5.96. The van der Waals surface area contributed by atoms with Gasteiger partial charge in [0.2, 0.25) is 0 Å². The van der Waals surface area contributed by atoms with Crippen LogP contribution in [-0.2, 0) is 17.6 Å². The molecule has 2 fully saturated rings. The molecular formula is C36H36N4O. The fourth-order valence-corrected chi connectivity index (χ4v) is 7.56. The molecule has 2 aromatic carbocycles. The van der Waals surface area contributed by atoms with Gasteiger partial charge in [-0.1, -0.05) is 42.5 Å². The second kappa shape index (κ2) is 9.93. The lowest BCUT2D eigenvalue weighted by Crippen LogP contribution is -2.66. The van der Waals surface area contributed by atoms with Crippen molar-refractivity contribution < 1.29 is 4.74 Å². The molecule has 2 aliphatic heterocycles. The fraction of sp³-hybridized carbons (Fsp3) is 0.333. The zero-order chi connectivity index (χ0) is 27.5. The van der Waals surface area contributed by atoms with Gasteiger partial charge in [0.25, 0.3) is 0 Å². The van der Waals surface area contributed by atoms with Crippen LogP contribution in [0, 0.1) is 13.8 Å².